The Hall–Kier alpha value is -1.81. The highest BCUT2D eigenvalue weighted by atomic mass is 35.5. The second-order valence-corrected chi connectivity index (χ2v) is 5.14. The van der Waals surface area contributed by atoms with E-state index in [0.29, 0.717) is 16.7 Å². The molecule has 0 aliphatic heterocycles. The van der Waals surface area contributed by atoms with Gasteiger partial charge in [-0.25, -0.2) is 9.97 Å². The minimum atomic E-state index is 0.505. The van der Waals surface area contributed by atoms with Crippen LogP contribution in [0.2, 0.25) is 5.02 Å². The summed E-state index contributed by atoms with van der Waals surface area (Å²) in [6, 6.07) is 9.21. The van der Waals surface area contributed by atoms with Crippen molar-refractivity contribution in [1.29, 1.82) is 0 Å². The first-order valence-electron chi connectivity index (χ1n) is 7.24. The molecule has 0 bridgehead atoms. The molecule has 0 spiro atoms. The normalized spacial score (nSPS) is 10.4. The number of hydrogen-bond acceptors (Lipinski definition) is 4. The first-order chi connectivity index (χ1) is 10.2. The van der Waals surface area contributed by atoms with Gasteiger partial charge in [0.05, 0.1) is 5.02 Å². The third-order valence-electron chi connectivity index (χ3n) is 2.99. The minimum absolute atomic E-state index is 0.505. The Bertz CT molecular complexity index is 571. The standard InChI is InChI=1S/C16H20ClN3O/c1-3-9-20(10-4-2)15-11-16(19-12-18-15)21-14-8-6-5-7-13(14)17/h5-8,11-12H,3-4,9-10H2,1-2H3. The molecule has 0 aliphatic carbocycles. The molecule has 21 heavy (non-hydrogen) atoms. The van der Waals surface area contributed by atoms with Crippen LogP contribution in [0.25, 0.3) is 0 Å². The number of nitrogens with zero attached hydrogens (tertiary/aromatic N) is 3. The Kier molecular flexibility index (Phi) is 5.81. The zero-order valence-corrected chi connectivity index (χ0v) is 13.2. The number of rotatable bonds is 7. The number of ether oxygens (including phenoxy) is 1. The third-order valence-corrected chi connectivity index (χ3v) is 3.30. The van der Waals surface area contributed by atoms with Gasteiger partial charge in [-0.1, -0.05) is 37.6 Å². The van der Waals surface area contributed by atoms with Crippen LogP contribution in [-0.4, -0.2) is 23.1 Å². The van der Waals surface area contributed by atoms with E-state index < -0.39 is 0 Å². The van der Waals surface area contributed by atoms with Gasteiger partial charge in [-0.05, 0) is 25.0 Å². The molecule has 2 rings (SSSR count). The average molecular weight is 306 g/mol. The highest BCUT2D eigenvalue weighted by Gasteiger charge is 2.09. The van der Waals surface area contributed by atoms with E-state index in [2.05, 4.69) is 28.7 Å². The average Bonchev–Trinajstić information content (AvgIpc) is 2.50. The van der Waals surface area contributed by atoms with E-state index in [1.165, 1.54) is 6.33 Å². The van der Waals surface area contributed by atoms with Crippen LogP contribution in [0.4, 0.5) is 5.82 Å². The number of para-hydroxylation sites is 1. The van der Waals surface area contributed by atoms with Crippen LogP contribution in [0, 0.1) is 0 Å². The van der Waals surface area contributed by atoms with Crippen molar-refractivity contribution in [3.05, 3.63) is 41.7 Å². The van der Waals surface area contributed by atoms with E-state index in [1.807, 2.05) is 24.3 Å². The number of hydrogen-bond donors (Lipinski definition) is 0. The third kappa shape index (κ3) is 4.33. The first kappa shape index (κ1) is 15.6. The molecular weight excluding hydrogens is 286 g/mol. The highest BCUT2D eigenvalue weighted by Crippen LogP contribution is 2.28. The van der Waals surface area contributed by atoms with Gasteiger partial charge in [0.2, 0.25) is 5.88 Å². The van der Waals surface area contributed by atoms with Crippen molar-refractivity contribution >= 4 is 17.4 Å². The van der Waals surface area contributed by atoms with Crippen molar-refractivity contribution in [2.75, 3.05) is 18.0 Å². The zero-order chi connectivity index (χ0) is 15.1. The molecule has 0 amide bonds. The predicted molar refractivity (Wildman–Crippen MR) is 86.4 cm³/mol. The van der Waals surface area contributed by atoms with Gasteiger partial charge < -0.3 is 9.64 Å². The van der Waals surface area contributed by atoms with Crippen molar-refractivity contribution in [1.82, 2.24) is 9.97 Å². The van der Waals surface area contributed by atoms with E-state index in [-0.39, 0.29) is 0 Å². The largest absolute Gasteiger partial charge is 0.437 e. The summed E-state index contributed by atoms with van der Waals surface area (Å²) < 4.78 is 5.75. The molecule has 112 valence electrons. The van der Waals surface area contributed by atoms with Crippen molar-refractivity contribution in [2.24, 2.45) is 0 Å². The lowest BCUT2D eigenvalue weighted by atomic mass is 10.3. The Balaban J connectivity index is 2.18. The number of benzene rings is 1. The van der Waals surface area contributed by atoms with Crippen LogP contribution in [0.15, 0.2) is 36.7 Å². The van der Waals surface area contributed by atoms with Crippen LogP contribution in [0.3, 0.4) is 0 Å². The molecule has 1 heterocycles. The van der Waals surface area contributed by atoms with Gasteiger partial charge in [-0.15, -0.1) is 0 Å². The van der Waals surface area contributed by atoms with Gasteiger partial charge in [0.15, 0.2) is 0 Å². The lowest BCUT2D eigenvalue weighted by Crippen LogP contribution is -2.25. The molecule has 0 N–H and O–H groups in total. The topological polar surface area (TPSA) is 38.2 Å². The Morgan fingerprint density at radius 2 is 1.81 bits per heavy atom. The fraction of sp³-hybridized carbons (Fsp3) is 0.375. The van der Waals surface area contributed by atoms with Crippen LogP contribution in [-0.2, 0) is 0 Å². The number of aromatic nitrogens is 2. The number of halogens is 1. The van der Waals surface area contributed by atoms with Crippen molar-refractivity contribution in [2.45, 2.75) is 26.7 Å². The maximum Gasteiger partial charge on any atom is 0.224 e. The van der Waals surface area contributed by atoms with Crippen molar-refractivity contribution < 1.29 is 4.74 Å². The molecule has 0 atom stereocenters. The fourth-order valence-corrected chi connectivity index (χ4v) is 2.25. The van der Waals surface area contributed by atoms with Crippen molar-refractivity contribution in [3.8, 4) is 11.6 Å². The molecule has 0 radical (unpaired) electrons. The monoisotopic (exact) mass is 305 g/mol. The summed E-state index contributed by atoms with van der Waals surface area (Å²) in [5.74, 6) is 1.99. The summed E-state index contributed by atoms with van der Waals surface area (Å²) >= 11 is 6.10. The van der Waals surface area contributed by atoms with Crippen molar-refractivity contribution in [3.63, 3.8) is 0 Å². The van der Waals surface area contributed by atoms with Gasteiger partial charge in [0.1, 0.15) is 17.9 Å². The van der Waals surface area contributed by atoms with E-state index in [4.69, 9.17) is 16.3 Å². The molecule has 0 saturated heterocycles. The second-order valence-electron chi connectivity index (χ2n) is 4.73. The van der Waals surface area contributed by atoms with E-state index >= 15 is 0 Å². The highest BCUT2D eigenvalue weighted by molar-refractivity contribution is 6.32. The van der Waals surface area contributed by atoms with E-state index in [9.17, 15) is 0 Å². The Labute approximate surface area is 130 Å². The van der Waals surface area contributed by atoms with Gasteiger partial charge in [-0.2, -0.15) is 0 Å². The zero-order valence-electron chi connectivity index (χ0n) is 12.4. The molecule has 1 aromatic carbocycles. The molecule has 1 aromatic heterocycles. The lowest BCUT2D eigenvalue weighted by Gasteiger charge is -2.22. The van der Waals surface area contributed by atoms with Gasteiger partial charge in [-0.3, -0.25) is 0 Å². The molecule has 0 unspecified atom stereocenters. The molecule has 5 heteroatoms. The molecule has 0 saturated carbocycles. The first-order valence-corrected chi connectivity index (χ1v) is 7.61. The number of anilines is 1. The summed E-state index contributed by atoms with van der Waals surface area (Å²) in [6.07, 6.45) is 3.68. The molecular formula is C16H20ClN3O. The summed E-state index contributed by atoms with van der Waals surface area (Å²) in [7, 11) is 0. The predicted octanol–water partition coefficient (Wildman–Crippen LogP) is 4.55. The van der Waals surface area contributed by atoms with E-state index in [0.717, 1.165) is 31.7 Å². The Morgan fingerprint density at radius 1 is 1.10 bits per heavy atom. The van der Waals surface area contributed by atoms with Crippen LogP contribution >= 0.6 is 11.6 Å². The van der Waals surface area contributed by atoms with Gasteiger partial charge >= 0.3 is 0 Å². The molecule has 0 fully saturated rings. The van der Waals surface area contributed by atoms with Gasteiger partial charge in [0.25, 0.3) is 0 Å². The summed E-state index contributed by atoms with van der Waals surface area (Å²) in [5.41, 5.74) is 0. The maximum atomic E-state index is 6.10. The van der Waals surface area contributed by atoms with E-state index in [1.54, 1.807) is 6.07 Å². The van der Waals surface area contributed by atoms with Crippen LogP contribution in [0.5, 0.6) is 11.6 Å². The quantitative estimate of drug-likeness (QED) is 0.752. The summed E-state index contributed by atoms with van der Waals surface area (Å²) in [5, 5.41) is 0.566. The molecule has 0 aliphatic rings. The fourth-order valence-electron chi connectivity index (χ4n) is 2.08. The summed E-state index contributed by atoms with van der Waals surface area (Å²) in [4.78, 5) is 10.7. The summed E-state index contributed by atoms with van der Waals surface area (Å²) in [6.45, 7) is 6.25. The lowest BCUT2D eigenvalue weighted by molar-refractivity contribution is 0.461. The van der Waals surface area contributed by atoms with Crippen LogP contribution < -0.4 is 9.64 Å². The maximum absolute atomic E-state index is 6.10. The van der Waals surface area contributed by atoms with Crippen LogP contribution in [0.1, 0.15) is 26.7 Å². The molecule has 4 nitrogen and oxygen atoms in total. The smallest absolute Gasteiger partial charge is 0.224 e. The minimum Gasteiger partial charge on any atom is -0.437 e. The Morgan fingerprint density at radius 3 is 2.48 bits per heavy atom. The molecule has 2 aromatic rings. The second kappa shape index (κ2) is 7.84. The SMILES string of the molecule is CCCN(CCC)c1cc(Oc2ccccc2Cl)ncn1. The van der Waals surface area contributed by atoms with Gasteiger partial charge in [0, 0.05) is 19.2 Å².